The first kappa shape index (κ1) is 15.6. The van der Waals surface area contributed by atoms with Crippen molar-refractivity contribution >= 4 is 5.91 Å². The van der Waals surface area contributed by atoms with Crippen molar-refractivity contribution in [3.8, 4) is 11.5 Å². The maximum Gasteiger partial charge on any atom is 0.227 e. The summed E-state index contributed by atoms with van der Waals surface area (Å²) in [6.07, 6.45) is 1.36. The molecule has 0 saturated carbocycles. The van der Waals surface area contributed by atoms with Gasteiger partial charge in [0.1, 0.15) is 11.5 Å². The lowest BCUT2D eigenvalue weighted by molar-refractivity contribution is -0.128. The molecule has 0 aromatic heterocycles. The van der Waals surface area contributed by atoms with E-state index in [1.807, 2.05) is 66.0 Å². The van der Waals surface area contributed by atoms with E-state index >= 15 is 0 Å². The van der Waals surface area contributed by atoms with Gasteiger partial charge in [0.2, 0.25) is 5.91 Å². The zero-order valence-electron chi connectivity index (χ0n) is 13.7. The Hall–Kier alpha value is -2.29. The van der Waals surface area contributed by atoms with Crippen LogP contribution in [0.1, 0.15) is 25.8 Å². The van der Waals surface area contributed by atoms with Crippen LogP contribution in [-0.4, -0.2) is 17.4 Å². The van der Waals surface area contributed by atoms with E-state index in [0.29, 0.717) is 6.42 Å². The van der Waals surface area contributed by atoms with E-state index in [-0.39, 0.29) is 11.3 Å². The number of benzene rings is 2. The second-order valence-corrected chi connectivity index (χ2v) is 6.81. The first-order valence-corrected chi connectivity index (χ1v) is 7.96. The molecule has 3 nitrogen and oxygen atoms in total. The first-order valence-electron chi connectivity index (χ1n) is 7.96. The summed E-state index contributed by atoms with van der Waals surface area (Å²) in [5.74, 6) is 1.70. The molecule has 1 radical (unpaired) electrons. The molecule has 1 amide bonds. The van der Waals surface area contributed by atoms with Crippen LogP contribution in [-0.2, 0) is 11.2 Å². The molecule has 1 saturated heterocycles. The van der Waals surface area contributed by atoms with Crippen molar-refractivity contribution in [1.82, 2.24) is 4.90 Å². The van der Waals surface area contributed by atoms with Gasteiger partial charge in [-0.15, -0.1) is 0 Å². The highest BCUT2D eigenvalue weighted by Gasteiger charge is 2.32. The van der Waals surface area contributed by atoms with E-state index in [4.69, 9.17) is 4.74 Å². The number of hydrogen-bond donors (Lipinski definition) is 0. The molecule has 0 spiro atoms. The van der Waals surface area contributed by atoms with Crippen molar-refractivity contribution in [2.24, 2.45) is 5.41 Å². The van der Waals surface area contributed by atoms with Crippen molar-refractivity contribution in [1.29, 1.82) is 0 Å². The molecular formula is C20H22NO2. The standard InChI is InChI=1S/C20H22NO2/c1-20(2)11-12-21(15-20)19(22)14-16-7-6-10-18(13-16)23-17-8-4-3-5-9-17/h3-10,12-13H,11,14-15H2,1-2H3. The van der Waals surface area contributed by atoms with E-state index in [1.165, 1.54) is 0 Å². The number of likely N-dealkylation sites (tertiary alicyclic amines) is 1. The lowest BCUT2D eigenvalue weighted by Gasteiger charge is -2.19. The fourth-order valence-corrected chi connectivity index (χ4v) is 2.76. The van der Waals surface area contributed by atoms with Crippen LogP contribution in [0.25, 0.3) is 0 Å². The van der Waals surface area contributed by atoms with Gasteiger partial charge in [0, 0.05) is 6.54 Å². The summed E-state index contributed by atoms with van der Waals surface area (Å²) < 4.78 is 5.83. The van der Waals surface area contributed by atoms with E-state index in [2.05, 4.69) is 13.8 Å². The number of hydrogen-bond acceptors (Lipinski definition) is 2. The number of nitrogens with zero attached hydrogens (tertiary/aromatic N) is 1. The Balaban J connectivity index is 1.65. The highest BCUT2D eigenvalue weighted by molar-refractivity contribution is 5.80. The lowest BCUT2D eigenvalue weighted by Crippen LogP contribution is -2.29. The van der Waals surface area contributed by atoms with Crippen LogP contribution < -0.4 is 4.74 Å². The minimum Gasteiger partial charge on any atom is -0.457 e. The van der Waals surface area contributed by atoms with Gasteiger partial charge in [0.25, 0.3) is 0 Å². The lowest BCUT2D eigenvalue weighted by atomic mass is 9.93. The number of carbonyl (C=O) groups excluding carboxylic acids is 1. The third kappa shape index (κ3) is 4.13. The Morgan fingerprint density at radius 1 is 1.09 bits per heavy atom. The molecule has 0 aliphatic carbocycles. The monoisotopic (exact) mass is 308 g/mol. The fourth-order valence-electron chi connectivity index (χ4n) is 2.76. The van der Waals surface area contributed by atoms with E-state index in [0.717, 1.165) is 30.0 Å². The molecule has 0 bridgehead atoms. The Morgan fingerprint density at radius 3 is 2.52 bits per heavy atom. The van der Waals surface area contributed by atoms with Gasteiger partial charge >= 0.3 is 0 Å². The fraction of sp³-hybridized carbons (Fsp3) is 0.300. The number of para-hydroxylation sites is 1. The molecule has 1 fully saturated rings. The van der Waals surface area contributed by atoms with Crippen LogP contribution in [0.5, 0.6) is 11.5 Å². The third-order valence-electron chi connectivity index (χ3n) is 4.02. The number of ether oxygens (including phenoxy) is 1. The summed E-state index contributed by atoms with van der Waals surface area (Å²) in [4.78, 5) is 14.3. The topological polar surface area (TPSA) is 29.5 Å². The number of carbonyl (C=O) groups is 1. The van der Waals surface area contributed by atoms with E-state index in [9.17, 15) is 4.79 Å². The summed E-state index contributed by atoms with van der Waals surface area (Å²) in [6, 6.07) is 17.4. The second kappa shape index (κ2) is 6.45. The van der Waals surface area contributed by atoms with Crippen LogP contribution >= 0.6 is 0 Å². The number of rotatable bonds is 4. The summed E-state index contributed by atoms with van der Waals surface area (Å²) >= 11 is 0. The average Bonchev–Trinajstić information content (AvgIpc) is 2.89. The van der Waals surface area contributed by atoms with Crippen molar-refractivity contribution in [3.63, 3.8) is 0 Å². The van der Waals surface area contributed by atoms with Crippen LogP contribution in [0.4, 0.5) is 0 Å². The molecule has 1 aliphatic rings. The SMILES string of the molecule is CC1(C)C[CH]N(C(=O)Cc2cccc(Oc3ccccc3)c2)C1. The molecule has 3 heteroatoms. The van der Waals surface area contributed by atoms with Gasteiger partial charge in [-0.25, -0.2) is 0 Å². The summed E-state index contributed by atoms with van der Waals surface area (Å²) in [6.45, 7) is 7.19. The molecule has 0 N–H and O–H groups in total. The number of amides is 1. The molecule has 1 heterocycles. The van der Waals surface area contributed by atoms with Gasteiger partial charge in [-0.05, 0) is 41.7 Å². The minimum absolute atomic E-state index is 0.146. The Labute approximate surface area is 137 Å². The predicted molar refractivity (Wildman–Crippen MR) is 91.1 cm³/mol. The average molecular weight is 308 g/mol. The maximum absolute atomic E-state index is 12.4. The highest BCUT2D eigenvalue weighted by atomic mass is 16.5. The molecule has 2 aromatic rings. The van der Waals surface area contributed by atoms with Gasteiger partial charge < -0.3 is 9.64 Å². The molecular weight excluding hydrogens is 286 g/mol. The quantitative estimate of drug-likeness (QED) is 0.835. The Morgan fingerprint density at radius 2 is 1.83 bits per heavy atom. The van der Waals surface area contributed by atoms with Crippen LogP contribution in [0.15, 0.2) is 54.6 Å². The summed E-state index contributed by atoms with van der Waals surface area (Å²) in [7, 11) is 0. The Kier molecular flexibility index (Phi) is 4.37. The van der Waals surface area contributed by atoms with Crippen molar-refractivity contribution < 1.29 is 9.53 Å². The smallest absolute Gasteiger partial charge is 0.227 e. The van der Waals surface area contributed by atoms with Gasteiger partial charge in [0.15, 0.2) is 0 Å². The van der Waals surface area contributed by atoms with Crippen molar-refractivity contribution in [2.75, 3.05) is 6.54 Å². The first-order chi connectivity index (χ1) is 11.0. The molecule has 0 unspecified atom stereocenters. The van der Waals surface area contributed by atoms with Crippen LogP contribution in [0.3, 0.4) is 0 Å². The largest absolute Gasteiger partial charge is 0.457 e. The summed E-state index contributed by atoms with van der Waals surface area (Å²) in [5, 5.41) is 0. The predicted octanol–water partition coefficient (Wildman–Crippen LogP) is 4.44. The van der Waals surface area contributed by atoms with Gasteiger partial charge in [-0.1, -0.05) is 44.2 Å². The van der Waals surface area contributed by atoms with Crippen molar-refractivity contribution in [2.45, 2.75) is 26.7 Å². The van der Waals surface area contributed by atoms with Gasteiger partial charge in [-0.2, -0.15) is 0 Å². The normalized spacial score (nSPS) is 16.3. The zero-order valence-corrected chi connectivity index (χ0v) is 13.7. The van der Waals surface area contributed by atoms with Crippen molar-refractivity contribution in [3.05, 3.63) is 66.7 Å². The molecule has 119 valence electrons. The van der Waals surface area contributed by atoms with Crippen LogP contribution in [0.2, 0.25) is 0 Å². The van der Waals surface area contributed by atoms with Gasteiger partial charge in [-0.3, -0.25) is 4.79 Å². The molecule has 1 aliphatic heterocycles. The highest BCUT2D eigenvalue weighted by Crippen LogP contribution is 2.32. The second-order valence-electron chi connectivity index (χ2n) is 6.81. The van der Waals surface area contributed by atoms with E-state index in [1.54, 1.807) is 0 Å². The molecule has 0 atom stereocenters. The van der Waals surface area contributed by atoms with E-state index < -0.39 is 0 Å². The third-order valence-corrected chi connectivity index (χ3v) is 4.02. The van der Waals surface area contributed by atoms with Crippen LogP contribution in [0, 0.1) is 12.0 Å². The maximum atomic E-state index is 12.4. The summed E-state index contributed by atoms with van der Waals surface area (Å²) in [5.41, 5.74) is 1.16. The molecule has 2 aromatic carbocycles. The minimum atomic E-state index is 0.146. The Bertz CT molecular complexity index is 679. The zero-order chi connectivity index (χ0) is 16.3. The molecule has 23 heavy (non-hydrogen) atoms. The van der Waals surface area contributed by atoms with Gasteiger partial charge in [0.05, 0.1) is 13.0 Å². The molecule has 3 rings (SSSR count).